The van der Waals surface area contributed by atoms with E-state index in [-0.39, 0.29) is 18.8 Å². The number of nitrogens with zero attached hydrogens (tertiary/aromatic N) is 1. The van der Waals surface area contributed by atoms with E-state index in [0.29, 0.717) is 0 Å². The van der Waals surface area contributed by atoms with Crippen molar-refractivity contribution in [2.24, 2.45) is 0 Å². The number of phenolic OH excluding ortho intramolecular Hbond substituents is 1. The first kappa shape index (κ1) is 11.8. The van der Waals surface area contributed by atoms with E-state index in [9.17, 15) is 4.79 Å². The molecule has 1 aromatic rings. The molecule has 16 heavy (non-hydrogen) atoms. The molecule has 0 saturated heterocycles. The average molecular weight is 217 g/mol. The largest absolute Gasteiger partial charge is 0.508 e. The number of carbonyl (C=O) groups is 1. The van der Waals surface area contributed by atoms with E-state index < -0.39 is 5.97 Å². The SMILES string of the molecule is N#CCCOC(=O)/C=C/c1ccc(O)cc1. The fourth-order valence-corrected chi connectivity index (χ4v) is 0.995. The topological polar surface area (TPSA) is 70.3 Å². The molecule has 0 aliphatic heterocycles. The summed E-state index contributed by atoms with van der Waals surface area (Å²) in [7, 11) is 0. The molecule has 1 aromatic carbocycles. The number of hydrogen-bond acceptors (Lipinski definition) is 4. The van der Waals surface area contributed by atoms with Gasteiger partial charge in [-0.05, 0) is 23.8 Å². The molecule has 0 atom stereocenters. The minimum Gasteiger partial charge on any atom is -0.508 e. The lowest BCUT2D eigenvalue weighted by Crippen LogP contribution is -2.01. The Hall–Kier alpha value is -2.28. The van der Waals surface area contributed by atoms with Crippen molar-refractivity contribution in [2.75, 3.05) is 6.61 Å². The Morgan fingerprint density at radius 1 is 1.44 bits per heavy atom. The zero-order chi connectivity index (χ0) is 11.8. The Labute approximate surface area is 93.4 Å². The molecule has 4 heteroatoms. The summed E-state index contributed by atoms with van der Waals surface area (Å²) in [6.07, 6.45) is 3.05. The van der Waals surface area contributed by atoms with Crippen molar-refractivity contribution in [3.05, 3.63) is 35.9 Å². The number of rotatable bonds is 4. The molecule has 0 amide bonds. The van der Waals surface area contributed by atoms with Crippen molar-refractivity contribution in [1.29, 1.82) is 5.26 Å². The predicted molar refractivity (Wildman–Crippen MR) is 58.3 cm³/mol. The molecule has 0 unspecified atom stereocenters. The summed E-state index contributed by atoms with van der Waals surface area (Å²) in [5.41, 5.74) is 0.787. The van der Waals surface area contributed by atoms with Crippen LogP contribution < -0.4 is 0 Å². The number of nitriles is 1. The van der Waals surface area contributed by atoms with Crippen LogP contribution in [0.4, 0.5) is 0 Å². The standard InChI is InChI=1S/C12H11NO3/c13-8-1-9-16-12(15)7-4-10-2-5-11(14)6-3-10/h2-7,14H,1,9H2/b7-4+. The van der Waals surface area contributed by atoms with Gasteiger partial charge in [0.2, 0.25) is 0 Å². The van der Waals surface area contributed by atoms with E-state index in [4.69, 9.17) is 15.1 Å². The predicted octanol–water partition coefficient (Wildman–Crippen LogP) is 1.86. The van der Waals surface area contributed by atoms with Crippen LogP contribution in [0.1, 0.15) is 12.0 Å². The van der Waals surface area contributed by atoms with Gasteiger partial charge >= 0.3 is 5.97 Å². The summed E-state index contributed by atoms with van der Waals surface area (Å²) in [4.78, 5) is 11.1. The van der Waals surface area contributed by atoms with Gasteiger partial charge in [-0.2, -0.15) is 5.26 Å². The normalized spacial score (nSPS) is 9.94. The summed E-state index contributed by atoms with van der Waals surface area (Å²) in [5.74, 6) is -0.308. The van der Waals surface area contributed by atoms with Crippen molar-refractivity contribution in [3.63, 3.8) is 0 Å². The summed E-state index contributed by atoms with van der Waals surface area (Å²) in [6, 6.07) is 8.28. The smallest absolute Gasteiger partial charge is 0.330 e. The number of benzene rings is 1. The quantitative estimate of drug-likeness (QED) is 0.474. The third kappa shape index (κ3) is 4.29. The molecular formula is C12H11NO3. The average Bonchev–Trinajstić information content (AvgIpc) is 2.29. The lowest BCUT2D eigenvalue weighted by atomic mass is 10.2. The number of ether oxygens (including phenoxy) is 1. The number of hydrogen-bond donors (Lipinski definition) is 1. The van der Waals surface area contributed by atoms with E-state index in [1.54, 1.807) is 18.2 Å². The lowest BCUT2D eigenvalue weighted by molar-refractivity contribution is -0.137. The maximum Gasteiger partial charge on any atom is 0.330 e. The van der Waals surface area contributed by atoms with E-state index >= 15 is 0 Å². The monoisotopic (exact) mass is 217 g/mol. The highest BCUT2D eigenvalue weighted by atomic mass is 16.5. The summed E-state index contributed by atoms with van der Waals surface area (Å²) < 4.78 is 4.73. The van der Waals surface area contributed by atoms with Crippen molar-refractivity contribution >= 4 is 12.0 Å². The molecule has 1 rings (SSSR count). The minimum absolute atomic E-state index is 0.106. The van der Waals surface area contributed by atoms with Crippen LogP contribution >= 0.6 is 0 Å². The molecule has 0 fully saturated rings. The third-order valence-electron chi connectivity index (χ3n) is 1.76. The Balaban J connectivity index is 2.44. The van der Waals surface area contributed by atoms with Gasteiger partial charge in [0.25, 0.3) is 0 Å². The second kappa shape index (κ2) is 6.25. The zero-order valence-electron chi connectivity index (χ0n) is 8.59. The maximum atomic E-state index is 11.1. The van der Waals surface area contributed by atoms with Gasteiger partial charge in [-0.1, -0.05) is 12.1 Å². The molecule has 82 valence electrons. The summed E-state index contributed by atoms with van der Waals surface area (Å²) >= 11 is 0. The van der Waals surface area contributed by atoms with Crippen LogP contribution in [0.3, 0.4) is 0 Å². The first-order chi connectivity index (χ1) is 7.72. The number of esters is 1. The molecule has 1 N–H and O–H groups in total. The fourth-order valence-electron chi connectivity index (χ4n) is 0.995. The fraction of sp³-hybridized carbons (Fsp3) is 0.167. The van der Waals surface area contributed by atoms with Gasteiger partial charge in [0, 0.05) is 6.08 Å². The van der Waals surface area contributed by atoms with Crippen molar-refractivity contribution < 1.29 is 14.6 Å². The summed E-state index contributed by atoms with van der Waals surface area (Å²) in [6.45, 7) is 0.106. The molecule has 0 radical (unpaired) electrons. The molecule has 4 nitrogen and oxygen atoms in total. The first-order valence-corrected chi connectivity index (χ1v) is 4.73. The Morgan fingerprint density at radius 2 is 2.12 bits per heavy atom. The molecule has 0 aliphatic carbocycles. The zero-order valence-corrected chi connectivity index (χ0v) is 8.59. The molecule has 0 aromatic heterocycles. The second-order valence-electron chi connectivity index (χ2n) is 3.00. The first-order valence-electron chi connectivity index (χ1n) is 4.73. The van der Waals surface area contributed by atoms with Gasteiger partial charge in [0.1, 0.15) is 12.4 Å². The van der Waals surface area contributed by atoms with Gasteiger partial charge in [0.05, 0.1) is 12.5 Å². The van der Waals surface area contributed by atoms with E-state index in [1.807, 2.05) is 6.07 Å². The van der Waals surface area contributed by atoms with E-state index in [1.165, 1.54) is 18.2 Å². The van der Waals surface area contributed by atoms with Gasteiger partial charge in [-0.25, -0.2) is 4.79 Å². The second-order valence-corrected chi connectivity index (χ2v) is 3.00. The van der Waals surface area contributed by atoms with Crippen LogP contribution in [0.2, 0.25) is 0 Å². The number of phenols is 1. The van der Waals surface area contributed by atoms with Crippen LogP contribution in [0.15, 0.2) is 30.3 Å². The Morgan fingerprint density at radius 3 is 2.75 bits per heavy atom. The van der Waals surface area contributed by atoms with Gasteiger partial charge in [0.15, 0.2) is 0 Å². The van der Waals surface area contributed by atoms with Gasteiger partial charge in [-0.3, -0.25) is 0 Å². The van der Waals surface area contributed by atoms with E-state index in [2.05, 4.69) is 0 Å². The molecule has 0 heterocycles. The van der Waals surface area contributed by atoms with Gasteiger partial charge in [-0.15, -0.1) is 0 Å². The van der Waals surface area contributed by atoms with Crippen LogP contribution in [0.5, 0.6) is 5.75 Å². The maximum absolute atomic E-state index is 11.1. The van der Waals surface area contributed by atoms with Crippen LogP contribution in [0, 0.1) is 11.3 Å². The highest BCUT2D eigenvalue weighted by Gasteiger charge is 1.96. The summed E-state index contributed by atoms with van der Waals surface area (Å²) in [5, 5.41) is 17.3. The Bertz CT molecular complexity index is 415. The highest BCUT2D eigenvalue weighted by molar-refractivity contribution is 5.87. The highest BCUT2D eigenvalue weighted by Crippen LogP contribution is 2.10. The molecule has 0 spiro atoms. The van der Waals surface area contributed by atoms with Gasteiger partial charge < -0.3 is 9.84 Å². The Kier molecular flexibility index (Phi) is 4.61. The third-order valence-corrected chi connectivity index (χ3v) is 1.76. The van der Waals surface area contributed by atoms with Crippen molar-refractivity contribution in [3.8, 4) is 11.8 Å². The van der Waals surface area contributed by atoms with Crippen molar-refractivity contribution in [1.82, 2.24) is 0 Å². The van der Waals surface area contributed by atoms with Crippen molar-refractivity contribution in [2.45, 2.75) is 6.42 Å². The molecule has 0 aliphatic rings. The van der Waals surface area contributed by atoms with Crippen LogP contribution in [-0.2, 0) is 9.53 Å². The number of aromatic hydroxyl groups is 1. The van der Waals surface area contributed by atoms with Crippen LogP contribution in [-0.4, -0.2) is 17.7 Å². The number of carbonyl (C=O) groups excluding carboxylic acids is 1. The molecule has 0 bridgehead atoms. The molecule has 0 saturated carbocycles. The lowest BCUT2D eigenvalue weighted by Gasteiger charge is -1.97. The molecular weight excluding hydrogens is 206 g/mol. The van der Waals surface area contributed by atoms with Crippen LogP contribution in [0.25, 0.3) is 6.08 Å². The minimum atomic E-state index is -0.483. The van der Waals surface area contributed by atoms with E-state index in [0.717, 1.165) is 5.56 Å².